The first-order valence-corrected chi connectivity index (χ1v) is 8.18. The van der Waals surface area contributed by atoms with Gasteiger partial charge in [0.2, 0.25) is 5.91 Å². The lowest BCUT2D eigenvalue weighted by molar-refractivity contribution is -0.118. The molecule has 3 rings (SSSR count). The van der Waals surface area contributed by atoms with E-state index in [2.05, 4.69) is 27.0 Å². The number of methoxy groups -OCH3 is 1. The number of aryl methyl sites for hydroxylation is 1. The maximum atomic E-state index is 12.6. The van der Waals surface area contributed by atoms with Crippen molar-refractivity contribution in [1.82, 2.24) is 16.4 Å². The van der Waals surface area contributed by atoms with Crippen LogP contribution < -0.4 is 31.8 Å². The smallest absolute Gasteiger partial charge is 0.246 e. The summed E-state index contributed by atoms with van der Waals surface area (Å²) in [7, 11) is 1.61. The summed E-state index contributed by atoms with van der Waals surface area (Å²) in [6, 6.07) is 12.4. The predicted molar refractivity (Wildman–Crippen MR) is 98.4 cm³/mol. The molecule has 0 aromatic heterocycles. The number of anilines is 2. The second-order valence-electron chi connectivity index (χ2n) is 5.70. The van der Waals surface area contributed by atoms with E-state index in [-0.39, 0.29) is 12.1 Å². The van der Waals surface area contributed by atoms with Gasteiger partial charge in [0.15, 0.2) is 0 Å². The Balaban J connectivity index is 1.67. The number of amides is 1. The molecule has 0 bridgehead atoms. The summed E-state index contributed by atoms with van der Waals surface area (Å²) >= 11 is 6.11. The fourth-order valence-corrected chi connectivity index (χ4v) is 2.66. The van der Waals surface area contributed by atoms with E-state index < -0.39 is 6.04 Å². The minimum absolute atomic E-state index is 0.196. The normalized spacial score (nSPS) is 19.5. The molecule has 1 heterocycles. The zero-order valence-electron chi connectivity index (χ0n) is 13.9. The number of halogens is 1. The van der Waals surface area contributed by atoms with Gasteiger partial charge in [-0.05, 0) is 36.8 Å². The number of carbonyl (C=O) groups is 1. The highest BCUT2D eigenvalue weighted by Crippen LogP contribution is 2.21. The van der Waals surface area contributed by atoms with Crippen LogP contribution in [0.3, 0.4) is 0 Å². The van der Waals surface area contributed by atoms with Gasteiger partial charge in [0, 0.05) is 22.5 Å². The second-order valence-corrected chi connectivity index (χ2v) is 6.11. The molecule has 2 atom stereocenters. The number of carbonyl (C=O) groups excluding carboxylic acids is 1. The first-order valence-electron chi connectivity index (χ1n) is 7.80. The van der Waals surface area contributed by atoms with Crippen molar-refractivity contribution in [2.24, 2.45) is 0 Å². The molecule has 0 aliphatic carbocycles. The Morgan fingerprint density at radius 3 is 2.76 bits per heavy atom. The first kappa shape index (κ1) is 17.5. The lowest BCUT2D eigenvalue weighted by Gasteiger charge is -2.20. The van der Waals surface area contributed by atoms with E-state index in [9.17, 15) is 4.79 Å². The highest BCUT2D eigenvalue weighted by Gasteiger charge is 2.32. The summed E-state index contributed by atoms with van der Waals surface area (Å²) in [5.74, 6) is 0.539. The number of hydrogen-bond acceptors (Lipinski definition) is 6. The molecule has 2 aromatic carbocycles. The average molecular weight is 362 g/mol. The summed E-state index contributed by atoms with van der Waals surface area (Å²) in [5, 5.41) is 6.72. The summed E-state index contributed by atoms with van der Waals surface area (Å²) in [4.78, 5) is 12.6. The molecule has 1 saturated heterocycles. The van der Waals surface area contributed by atoms with Gasteiger partial charge in [-0.2, -0.15) is 5.53 Å². The van der Waals surface area contributed by atoms with E-state index in [1.807, 2.05) is 43.3 Å². The molecule has 2 aromatic rings. The lowest BCUT2D eigenvalue weighted by atomic mass is 10.2. The Labute approximate surface area is 151 Å². The van der Waals surface area contributed by atoms with E-state index in [1.54, 1.807) is 13.2 Å². The maximum absolute atomic E-state index is 12.6. The SMILES string of the molecule is COc1cccc(NC2NNNC2C(=O)Nc2ccc(C)c(Cl)c2)c1. The monoisotopic (exact) mass is 361 g/mol. The fraction of sp³-hybridized carbons (Fsp3) is 0.235. The fourth-order valence-electron chi connectivity index (χ4n) is 2.48. The van der Waals surface area contributed by atoms with Crippen LogP contribution in [-0.4, -0.2) is 25.2 Å². The maximum Gasteiger partial charge on any atom is 0.246 e. The minimum atomic E-state index is -0.536. The van der Waals surface area contributed by atoms with E-state index >= 15 is 0 Å². The van der Waals surface area contributed by atoms with Gasteiger partial charge in [-0.25, -0.2) is 10.9 Å². The first-order chi connectivity index (χ1) is 12.1. The Hall–Kier alpha value is -2.32. The molecule has 8 heteroatoms. The summed E-state index contributed by atoms with van der Waals surface area (Å²) < 4.78 is 5.21. The lowest BCUT2D eigenvalue weighted by Crippen LogP contribution is -2.47. The highest BCUT2D eigenvalue weighted by atomic mass is 35.5. The van der Waals surface area contributed by atoms with Crippen LogP contribution in [0.1, 0.15) is 5.56 Å². The Morgan fingerprint density at radius 1 is 1.16 bits per heavy atom. The molecule has 0 spiro atoms. The third-order valence-corrected chi connectivity index (χ3v) is 4.31. The molecule has 25 heavy (non-hydrogen) atoms. The molecule has 1 aliphatic heterocycles. The molecule has 7 nitrogen and oxygen atoms in total. The van der Waals surface area contributed by atoms with Gasteiger partial charge < -0.3 is 15.4 Å². The number of rotatable bonds is 5. The van der Waals surface area contributed by atoms with Crippen molar-refractivity contribution in [3.63, 3.8) is 0 Å². The molecule has 0 saturated carbocycles. The molecule has 5 N–H and O–H groups in total. The van der Waals surface area contributed by atoms with Crippen molar-refractivity contribution >= 4 is 28.9 Å². The third kappa shape index (κ3) is 4.21. The number of hydrogen-bond donors (Lipinski definition) is 5. The molecule has 1 fully saturated rings. The number of hydrazine groups is 2. The van der Waals surface area contributed by atoms with E-state index in [4.69, 9.17) is 16.3 Å². The summed E-state index contributed by atoms with van der Waals surface area (Å²) in [5.41, 5.74) is 11.1. The van der Waals surface area contributed by atoms with Crippen molar-refractivity contribution < 1.29 is 9.53 Å². The second kappa shape index (κ2) is 7.71. The van der Waals surface area contributed by atoms with E-state index in [0.717, 1.165) is 17.0 Å². The third-order valence-electron chi connectivity index (χ3n) is 3.90. The number of ether oxygens (including phenoxy) is 1. The van der Waals surface area contributed by atoms with Crippen LogP contribution in [0.25, 0.3) is 0 Å². The van der Waals surface area contributed by atoms with Crippen molar-refractivity contribution in [2.45, 2.75) is 19.1 Å². The van der Waals surface area contributed by atoms with Crippen LogP contribution in [0, 0.1) is 6.92 Å². The quantitative estimate of drug-likeness (QED) is 0.560. The van der Waals surface area contributed by atoms with Gasteiger partial charge in [-0.15, -0.1) is 0 Å². The zero-order valence-corrected chi connectivity index (χ0v) is 14.6. The minimum Gasteiger partial charge on any atom is -0.497 e. The van der Waals surface area contributed by atoms with Gasteiger partial charge in [-0.1, -0.05) is 23.7 Å². The Bertz CT molecular complexity index is 770. The van der Waals surface area contributed by atoms with Gasteiger partial charge >= 0.3 is 0 Å². The van der Waals surface area contributed by atoms with Crippen molar-refractivity contribution in [1.29, 1.82) is 0 Å². The van der Waals surface area contributed by atoms with Gasteiger partial charge in [-0.3, -0.25) is 4.79 Å². The predicted octanol–water partition coefficient (Wildman–Crippen LogP) is 2.01. The molecule has 1 amide bonds. The molecule has 132 valence electrons. The van der Waals surface area contributed by atoms with E-state index in [1.165, 1.54) is 0 Å². The standard InChI is InChI=1S/C17H20ClN5O2/c1-10-6-7-12(9-14(10)18)20-17(24)15-16(22-23-21-15)19-11-4-3-5-13(8-11)25-2/h3-9,15-16,19,21-23H,1-2H3,(H,20,24). The zero-order chi connectivity index (χ0) is 17.8. The van der Waals surface area contributed by atoms with Crippen LogP contribution >= 0.6 is 11.6 Å². The molecule has 0 radical (unpaired) electrons. The molecule has 2 unspecified atom stereocenters. The highest BCUT2D eigenvalue weighted by molar-refractivity contribution is 6.31. The van der Waals surface area contributed by atoms with Crippen molar-refractivity contribution in [2.75, 3.05) is 17.7 Å². The van der Waals surface area contributed by atoms with Gasteiger partial charge in [0.1, 0.15) is 18.0 Å². The van der Waals surface area contributed by atoms with Gasteiger partial charge in [0.25, 0.3) is 0 Å². The average Bonchev–Trinajstić information content (AvgIpc) is 3.06. The molecular weight excluding hydrogens is 342 g/mol. The molecule has 1 aliphatic rings. The largest absolute Gasteiger partial charge is 0.497 e. The molecular formula is C17H20ClN5O2. The number of nitrogens with one attached hydrogen (secondary N) is 5. The van der Waals surface area contributed by atoms with Crippen LogP contribution in [0.5, 0.6) is 5.75 Å². The van der Waals surface area contributed by atoms with Crippen molar-refractivity contribution in [3.05, 3.63) is 53.1 Å². The van der Waals surface area contributed by atoms with Crippen LogP contribution in [0.4, 0.5) is 11.4 Å². The van der Waals surface area contributed by atoms with Gasteiger partial charge in [0.05, 0.1) is 7.11 Å². The number of benzene rings is 2. The van der Waals surface area contributed by atoms with Crippen LogP contribution in [0.2, 0.25) is 5.02 Å². The topological polar surface area (TPSA) is 86.5 Å². The van der Waals surface area contributed by atoms with Crippen LogP contribution in [0.15, 0.2) is 42.5 Å². The van der Waals surface area contributed by atoms with Crippen LogP contribution in [-0.2, 0) is 4.79 Å². The summed E-state index contributed by atoms with van der Waals surface area (Å²) in [6.07, 6.45) is -0.354. The Kier molecular flexibility index (Phi) is 5.40. The summed E-state index contributed by atoms with van der Waals surface area (Å²) in [6.45, 7) is 1.91. The van der Waals surface area contributed by atoms with Crippen molar-refractivity contribution in [3.8, 4) is 5.75 Å². The Morgan fingerprint density at radius 2 is 2.00 bits per heavy atom. The van der Waals surface area contributed by atoms with E-state index in [0.29, 0.717) is 10.7 Å².